The largest absolute Gasteiger partial charge is 0.300 e. The van der Waals surface area contributed by atoms with E-state index in [9.17, 15) is 4.79 Å². The van der Waals surface area contributed by atoms with Gasteiger partial charge < -0.3 is 0 Å². The zero-order chi connectivity index (χ0) is 9.84. The predicted octanol–water partition coefficient (Wildman–Crippen LogP) is 1.64. The number of aryl methyl sites for hydroxylation is 1. The number of hydrogen-bond acceptors (Lipinski definition) is 4. The maximum Gasteiger partial charge on any atom is 0.187 e. The second-order valence-corrected chi connectivity index (χ2v) is 3.62. The van der Waals surface area contributed by atoms with Gasteiger partial charge in [0.1, 0.15) is 5.78 Å². The molecule has 0 atom stereocenters. The zero-order valence-corrected chi connectivity index (χ0v) is 8.81. The summed E-state index contributed by atoms with van der Waals surface area (Å²) in [6.07, 6.45) is 4.09. The molecule has 1 aromatic rings. The van der Waals surface area contributed by atoms with Crippen LogP contribution in [-0.2, 0) is 11.2 Å². The number of hydrogen-bond donors (Lipinski definition) is 0. The molecule has 0 fully saturated rings. The van der Waals surface area contributed by atoms with Crippen molar-refractivity contribution in [1.82, 2.24) is 9.97 Å². The highest BCUT2D eigenvalue weighted by molar-refractivity contribution is 7.98. The van der Waals surface area contributed by atoms with Gasteiger partial charge in [-0.2, -0.15) is 0 Å². The van der Waals surface area contributed by atoms with Crippen molar-refractivity contribution in [3.63, 3.8) is 0 Å². The molecule has 0 saturated carbocycles. The van der Waals surface area contributed by atoms with Gasteiger partial charge in [0.2, 0.25) is 0 Å². The zero-order valence-electron chi connectivity index (χ0n) is 8.00. The van der Waals surface area contributed by atoms with E-state index in [-0.39, 0.29) is 5.78 Å². The van der Waals surface area contributed by atoms with E-state index >= 15 is 0 Å². The summed E-state index contributed by atoms with van der Waals surface area (Å²) < 4.78 is 0. The molecule has 3 nitrogen and oxygen atoms in total. The van der Waals surface area contributed by atoms with Crippen molar-refractivity contribution < 1.29 is 4.79 Å². The number of carbonyl (C=O) groups excluding carboxylic acids is 1. The first kappa shape index (κ1) is 10.2. The fraction of sp³-hybridized carbons (Fsp3) is 0.444. The first-order chi connectivity index (χ1) is 6.13. The van der Waals surface area contributed by atoms with Crippen molar-refractivity contribution in [2.45, 2.75) is 25.4 Å². The highest BCUT2D eigenvalue weighted by Crippen LogP contribution is 2.11. The molecule has 0 spiro atoms. The first-order valence-corrected chi connectivity index (χ1v) is 5.22. The van der Waals surface area contributed by atoms with E-state index in [0.717, 1.165) is 16.4 Å². The van der Waals surface area contributed by atoms with Crippen LogP contribution >= 0.6 is 11.8 Å². The van der Waals surface area contributed by atoms with Crippen molar-refractivity contribution in [3.05, 3.63) is 17.5 Å². The van der Waals surface area contributed by atoms with Gasteiger partial charge in [-0.05, 0) is 25.7 Å². The molecule has 0 radical (unpaired) electrons. The molecule has 0 amide bonds. The van der Waals surface area contributed by atoms with Crippen LogP contribution in [0.25, 0.3) is 0 Å². The van der Waals surface area contributed by atoms with E-state index in [4.69, 9.17) is 0 Å². The minimum Gasteiger partial charge on any atom is -0.300 e. The number of aromatic nitrogens is 2. The topological polar surface area (TPSA) is 42.9 Å². The summed E-state index contributed by atoms with van der Waals surface area (Å²) >= 11 is 1.50. The van der Waals surface area contributed by atoms with E-state index in [0.29, 0.717) is 6.42 Å². The molecule has 1 heterocycles. The molecule has 0 unspecified atom stereocenters. The minimum absolute atomic E-state index is 0.142. The lowest BCUT2D eigenvalue weighted by Crippen LogP contribution is -2.02. The lowest BCUT2D eigenvalue weighted by Gasteiger charge is -2.02. The van der Waals surface area contributed by atoms with Gasteiger partial charge in [0.25, 0.3) is 0 Å². The van der Waals surface area contributed by atoms with Gasteiger partial charge in [-0.3, -0.25) is 4.79 Å². The monoisotopic (exact) mass is 196 g/mol. The predicted molar refractivity (Wildman–Crippen MR) is 52.9 cm³/mol. The molecule has 13 heavy (non-hydrogen) atoms. The summed E-state index contributed by atoms with van der Waals surface area (Å²) in [5, 5.41) is 0.754. The molecule has 0 bridgehead atoms. The fourth-order valence-electron chi connectivity index (χ4n) is 1.01. The van der Waals surface area contributed by atoms with Crippen LogP contribution in [0.4, 0.5) is 0 Å². The average molecular weight is 196 g/mol. The quantitative estimate of drug-likeness (QED) is 0.544. The second kappa shape index (κ2) is 4.37. The molecule has 1 aromatic heterocycles. The number of rotatable bonds is 3. The summed E-state index contributed by atoms with van der Waals surface area (Å²) in [4.78, 5) is 19.2. The van der Waals surface area contributed by atoms with Crippen molar-refractivity contribution in [1.29, 1.82) is 0 Å². The maximum atomic E-state index is 10.9. The molecule has 0 aliphatic carbocycles. The van der Waals surface area contributed by atoms with Crippen molar-refractivity contribution in [2.75, 3.05) is 6.26 Å². The van der Waals surface area contributed by atoms with Gasteiger partial charge in [0, 0.05) is 18.3 Å². The Labute approximate surface area is 82.0 Å². The van der Waals surface area contributed by atoms with Crippen LogP contribution in [-0.4, -0.2) is 22.0 Å². The molecule has 4 heteroatoms. The fourth-order valence-corrected chi connectivity index (χ4v) is 1.40. The Kier molecular flexibility index (Phi) is 3.42. The van der Waals surface area contributed by atoms with Crippen LogP contribution in [0.5, 0.6) is 0 Å². The Hall–Kier alpha value is -0.900. The van der Waals surface area contributed by atoms with Crippen LogP contribution in [0.1, 0.15) is 18.2 Å². The van der Waals surface area contributed by atoms with Crippen LogP contribution in [0.2, 0.25) is 0 Å². The number of Topliss-reactive ketones (excluding diaryl/α,β-unsaturated/α-hetero) is 1. The average Bonchev–Trinajstić information content (AvgIpc) is 2.08. The van der Waals surface area contributed by atoms with E-state index in [2.05, 4.69) is 9.97 Å². The normalized spacial score (nSPS) is 10.1. The highest BCUT2D eigenvalue weighted by atomic mass is 32.2. The molecule has 0 saturated heterocycles. The van der Waals surface area contributed by atoms with Crippen LogP contribution in [0.15, 0.2) is 11.4 Å². The Morgan fingerprint density at radius 2 is 2.31 bits per heavy atom. The Morgan fingerprint density at radius 3 is 2.77 bits per heavy atom. The third-order valence-corrected chi connectivity index (χ3v) is 2.24. The summed E-state index contributed by atoms with van der Waals surface area (Å²) in [5.74, 6) is 0.142. The molecule has 0 aromatic carbocycles. The Bertz CT molecular complexity index is 325. The van der Waals surface area contributed by atoms with E-state index in [1.807, 2.05) is 13.2 Å². The molecular formula is C9H12N2OS. The van der Waals surface area contributed by atoms with Gasteiger partial charge in [0.05, 0.1) is 0 Å². The molecule has 0 N–H and O–H groups in total. The third-order valence-electron chi connectivity index (χ3n) is 1.68. The lowest BCUT2D eigenvalue weighted by atomic mass is 10.1. The van der Waals surface area contributed by atoms with E-state index in [1.165, 1.54) is 11.8 Å². The number of ketones is 1. The summed E-state index contributed by atoms with van der Waals surface area (Å²) in [5.41, 5.74) is 1.82. The lowest BCUT2D eigenvalue weighted by molar-refractivity contribution is -0.116. The third kappa shape index (κ3) is 2.81. The SMILES string of the molecule is CSc1ncc(CC(C)=O)c(C)n1. The van der Waals surface area contributed by atoms with Gasteiger partial charge in [-0.25, -0.2) is 9.97 Å². The van der Waals surface area contributed by atoms with E-state index in [1.54, 1.807) is 13.1 Å². The molecular weight excluding hydrogens is 184 g/mol. The van der Waals surface area contributed by atoms with Crippen LogP contribution < -0.4 is 0 Å². The van der Waals surface area contributed by atoms with Crippen molar-refractivity contribution in [3.8, 4) is 0 Å². The first-order valence-electron chi connectivity index (χ1n) is 3.99. The van der Waals surface area contributed by atoms with Gasteiger partial charge in [-0.1, -0.05) is 11.8 Å². The minimum atomic E-state index is 0.142. The number of thioether (sulfide) groups is 1. The van der Waals surface area contributed by atoms with Gasteiger partial charge in [-0.15, -0.1) is 0 Å². The molecule has 0 aliphatic rings. The van der Waals surface area contributed by atoms with Crippen LogP contribution in [0.3, 0.4) is 0 Å². The Balaban J connectivity index is 2.91. The van der Waals surface area contributed by atoms with Gasteiger partial charge in [0.15, 0.2) is 5.16 Å². The molecule has 1 rings (SSSR count). The summed E-state index contributed by atoms with van der Waals surface area (Å²) in [6.45, 7) is 3.47. The molecule has 0 aliphatic heterocycles. The van der Waals surface area contributed by atoms with Crippen molar-refractivity contribution in [2.24, 2.45) is 0 Å². The second-order valence-electron chi connectivity index (χ2n) is 2.85. The van der Waals surface area contributed by atoms with Crippen LogP contribution in [0, 0.1) is 6.92 Å². The van der Waals surface area contributed by atoms with E-state index < -0.39 is 0 Å². The van der Waals surface area contributed by atoms with Crippen molar-refractivity contribution >= 4 is 17.5 Å². The maximum absolute atomic E-state index is 10.9. The number of carbonyl (C=O) groups is 1. The molecule has 70 valence electrons. The highest BCUT2D eigenvalue weighted by Gasteiger charge is 2.04. The Morgan fingerprint density at radius 1 is 1.62 bits per heavy atom. The standard InChI is InChI=1S/C9H12N2OS/c1-6(12)4-8-5-10-9(13-3)11-7(8)2/h5H,4H2,1-3H3. The summed E-state index contributed by atoms with van der Waals surface area (Å²) in [6, 6.07) is 0. The smallest absolute Gasteiger partial charge is 0.187 e. The summed E-state index contributed by atoms with van der Waals surface area (Å²) in [7, 11) is 0. The number of nitrogens with zero attached hydrogens (tertiary/aromatic N) is 2. The van der Waals surface area contributed by atoms with Gasteiger partial charge >= 0.3 is 0 Å².